The minimum absolute atomic E-state index is 0.00328. The van der Waals surface area contributed by atoms with Crippen molar-refractivity contribution in [2.24, 2.45) is 0 Å². The van der Waals surface area contributed by atoms with Crippen molar-refractivity contribution in [3.05, 3.63) is 65.1 Å². The van der Waals surface area contributed by atoms with Crippen LogP contribution >= 0.6 is 11.3 Å². The number of thiazole rings is 1. The number of hydrogen-bond acceptors (Lipinski definition) is 7. The Balaban J connectivity index is 1.27. The second-order valence-corrected chi connectivity index (χ2v) is 9.09. The predicted molar refractivity (Wildman–Crippen MR) is 125 cm³/mol. The Morgan fingerprint density at radius 3 is 2.58 bits per heavy atom. The molecule has 170 valence electrons. The van der Waals surface area contributed by atoms with E-state index in [1.165, 1.54) is 11.3 Å². The van der Waals surface area contributed by atoms with Crippen LogP contribution < -0.4 is 0 Å². The zero-order valence-corrected chi connectivity index (χ0v) is 19.1. The third kappa shape index (κ3) is 4.65. The van der Waals surface area contributed by atoms with E-state index in [2.05, 4.69) is 27.0 Å². The standard InChI is InChI=1S/C24H24FN5O2S/c1-2-29-10-12-30(13-11-29)22(31)15-20-28-27-19(32-20)14-21-26-18-9-8-17(23(25)24(18)33-21)16-6-4-3-5-7-16/h3-9H,2,10-15H2,1H3. The summed E-state index contributed by atoms with van der Waals surface area (Å²) < 4.78 is 21.4. The van der Waals surface area contributed by atoms with Crippen molar-refractivity contribution < 1.29 is 13.6 Å². The molecular formula is C24H24FN5O2S. The number of likely N-dealkylation sites (N-methyl/N-ethyl adjacent to an activating group) is 1. The fourth-order valence-electron chi connectivity index (χ4n) is 4.04. The third-order valence-corrected chi connectivity index (χ3v) is 6.98. The molecule has 0 spiro atoms. The van der Waals surface area contributed by atoms with Crippen LogP contribution in [-0.4, -0.2) is 63.6 Å². The highest BCUT2D eigenvalue weighted by Crippen LogP contribution is 2.33. The van der Waals surface area contributed by atoms with Gasteiger partial charge in [0.15, 0.2) is 0 Å². The molecule has 1 amide bonds. The van der Waals surface area contributed by atoms with E-state index in [9.17, 15) is 4.79 Å². The molecule has 0 saturated carbocycles. The fourth-order valence-corrected chi connectivity index (χ4v) is 5.03. The first-order chi connectivity index (χ1) is 16.1. The molecule has 0 bridgehead atoms. The molecule has 7 nitrogen and oxygen atoms in total. The average Bonchev–Trinajstić information content (AvgIpc) is 3.47. The smallest absolute Gasteiger partial charge is 0.232 e. The zero-order valence-electron chi connectivity index (χ0n) is 18.3. The average molecular weight is 466 g/mol. The number of hydrogen-bond donors (Lipinski definition) is 0. The van der Waals surface area contributed by atoms with Crippen LogP contribution in [0.15, 0.2) is 46.9 Å². The Kier molecular flexibility index (Phi) is 6.15. The number of carbonyl (C=O) groups is 1. The van der Waals surface area contributed by atoms with E-state index in [-0.39, 0.29) is 18.1 Å². The summed E-state index contributed by atoms with van der Waals surface area (Å²) >= 11 is 1.28. The molecule has 1 saturated heterocycles. The number of halogens is 1. The maximum absolute atomic E-state index is 15.2. The largest absolute Gasteiger partial charge is 0.424 e. The third-order valence-electron chi connectivity index (χ3n) is 5.91. The molecule has 3 heterocycles. The molecule has 0 radical (unpaired) electrons. The maximum atomic E-state index is 15.2. The van der Waals surface area contributed by atoms with Gasteiger partial charge in [0.1, 0.15) is 17.2 Å². The normalized spacial score (nSPS) is 14.8. The van der Waals surface area contributed by atoms with E-state index in [0.717, 1.165) is 38.3 Å². The van der Waals surface area contributed by atoms with Gasteiger partial charge in [-0.3, -0.25) is 4.79 Å². The lowest BCUT2D eigenvalue weighted by molar-refractivity contribution is -0.132. The lowest BCUT2D eigenvalue weighted by Gasteiger charge is -2.33. The first-order valence-corrected chi connectivity index (χ1v) is 11.9. The molecule has 2 aromatic heterocycles. The fraction of sp³-hybridized carbons (Fsp3) is 0.333. The molecule has 0 atom stereocenters. The molecule has 1 aliphatic heterocycles. The number of fused-ring (bicyclic) bond motifs is 1. The Bertz CT molecular complexity index is 1260. The number of carbonyl (C=O) groups excluding carboxylic acids is 1. The van der Waals surface area contributed by atoms with E-state index in [1.807, 2.05) is 41.3 Å². The summed E-state index contributed by atoms with van der Waals surface area (Å²) in [7, 11) is 0. The number of aromatic nitrogens is 3. The molecule has 4 aromatic rings. The van der Waals surface area contributed by atoms with E-state index >= 15 is 4.39 Å². The first kappa shape index (κ1) is 21.7. The lowest BCUT2D eigenvalue weighted by Crippen LogP contribution is -2.48. The van der Waals surface area contributed by atoms with Gasteiger partial charge < -0.3 is 14.2 Å². The Morgan fingerprint density at radius 2 is 1.82 bits per heavy atom. The van der Waals surface area contributed by atoms with Gasteiger partial charge in [-0.15, -0.1) is 21.5 Å². The molecule has 9 heteroatoms. The second-order valence-electron chi connectivity index (χ2n) is 8.01. The van der Waals surface area contributed by atoms with Gasteiger partial charge in [-0.1, -0.05) is 37.3 Å². The summed E-state index contributed by atoms with van der Waals surface area (Å²) in [4.78, 5) is 21.3. The highest BCUT2D eigenvalue weighted by Gasteiger charge is 2.22. The molecule has 2 aromatic carbocycles. The van der Waals surface area contributed by atoms with Crippen LogP contribution in [0.1, 0.15) is 23.7 Å². The van der Waals surface area contributed by atoms with Gasteiger partial charge in [0.25, 0.3) is 0 Å². The lowest BCUT2D eigenvalue weighted by atomic mass is 10.1. The van der Waals surface area contributed by atoms with Crippen molar-refractivity contribution in [1.29, 1.82) is 0 Å². The van der Waals surface area contributed by atoms with Crippen LogP contribution in [-0.2, 0) is 17.6 Å². The maximum Gasteiger partial charge on any atom is 0.232 e. The first-order valence-electron chi connectivity index (χ1n) is 11.1. The summed E-state index contributed by atoms with van der Waals surface area (Å²) in [5.74, 6) is 0.391. The van der Waals surface area contributed by atoms with Crippen LogP contribution in [0.5, 0.6) is 0 Å². The van der Waals surface area contributed by atoms with Crippen LogP contribution in [0.3, 0.4) is 0 Å². The molecule has 5 rings (SSSR count). The monoisotopic (exact) mass is 465 g/mol. The molecular weight excluding hydrogens is 441 g/mol. The molecule has 1 aliphatic rings. The van der Waals surface area contributed by atoms with E-state index in [0.29, 0.717) is 39.0 Å². The van der Waals surface area contributed by atoms with Gasteiger partial charge in [-0.25, -0.2) is 9.37 Å². The van der Waals surface area contributed by atoms with Gasteiger partial charge in [0, 0.05) is 31.7 Å². The number of nitrogens with zero attached hydrogens (tertiary/aromatic N) is 5. The van der Waals surface area contributed by atoms with Crippen LogP contribution in [0.4, 0.5) is 4.39 Å². The Labute approximate surface area is 194 Å². The van der Waals surface area contributed by atoms with Crippen molar-refractivity contribution in [2.75, 3.05) is 32.7 Å². The van der Waals surface area contributed by atoms with Crippen molar-refractivity contribution in [3.8, 4) is 11.1 Å². The number of amides is 1. The minimum atomic E-state index is -0.276. The van der Waals surface area contributed by atoms with Crippen LogP contribution in [0, 0.1) is 5.82 Å². The summed E-state index contributed by atoms with van der Waals surface area (Å²) in [5, 5.41) is 8.79. The highest BCUT2D eigenvalue weighted by atomic mass is 32.1. The Hall–Kier alpha value is -3.17. The summed E-state index contributed by atoms with van der Waals surface area (Å²) in [6.07, 6.45) is 0.393. The highest BCUT2D eigenvalue weighted by molar-refractivity contribution is 7.18. The van der Waals surface area contributed by atoms with E-state index < -0.39 is 0 Å². The predicted octanol–water partition coefficient (Wildman–Crippen LogP) is 3.78. The van der Waals surface area contributed by atoms with Gasteiger partial charge in [0.05, 0.1) is 16.6 Å². The second kappa shape index (κ2) is 9.36. The van der Waals surface area contributed by atoms with Gasteiger partial charge >= 0.3 is 0 Å². The van der Waals surface area contributed by atoms with Crippen molar-refractivity contribution in [1.82, 2.24) is 25.0 Å². The quantitative estimate of drug-likeness (QED) is 0.431. The van der Waals surface area contributed by atoms with E-state index in [1.54, 1.807) is 6.07 Å². The number of piperazine rings is 1. The molecule has 0 aliphatic carbocycles. The number of rotatable bonds is 6. The van der Waals surface area contributed by atoms with E-state index in [4.69, 9.17) is 4.42 Å². The van der Waals surface area contributed by atoms with Crippen molar-refractivity contribution >= 4 is 27.5 Å². The van der Waals surface area contributed by atoms with Crippen LogP contribution in [0.2, 0.25) is 0 Å². The molecule has 0 unspecified atom stereocenters. The van der Waals surface area contributed by atoms with Crippen molar-refractivity contribution in [3.63, 3.8) is 0 Å². The minimum Gasteiger partial charge on any atom is -0.424 e. The summed E-state index contributed by atoms with van der Waals surface area (Å²) in [5.41, 5.74) is 1.99. The summed E-state index contributed by atoms with van der Waals surface area (Å²) in [6.45, 7) is 6.33. The molecule has 0 N–H and O–H groups in total. The molecule has 1 fully saturated rings. The van der Waals surface area contributed by atoms with Gasteiger partial charge in [-0.2, -0.15) is 0 Å². The van der Waals surface area contributed by atoms with Crippen LogP contribution in [0.25, 0.3) is 21.3 Å². The summed E-state index contributed by atoms with van der Waals surface area (Å²) in [6, 6.07) is 13.0. The van der Waals surface area contributed by atoms with Gasteiger partial charge in [0.2, 0.25) is 17.7 Å². The molecule has 33 heavy (non-hydrogen) atoms. The Morgan fingerprint density at radius 1 is 1.06 bits per heavy atom. The SMILES string of the molecule is CCN1CCN(C(=O)Cc2nnc(Cc3nc4ccc(-c5ccccc5)c(F)c4s3)o2)CC1. The van der Waals surface area contributed by atoms with Crippen molar-refractivity contribution in [2.45, 2.75) is 19.8 Å². The zero-order chi connectivity index (χ0) is 22.8. The topological polar surface area (TPSA) is 75.4 Å². The van der Waals surface area contributed by atoms with Gasteiger partial charge in [-0.05, 0) is 24.2 Å². The number of benzene rings is 2.